The van der Waals surface area contributed by atoms with Crippen molar-refractivity contribution in [3.63, 3.8) is 0 Å². The Morgan fingerprint density at radius 2 is 2.04 bits per heavy atom. The number of anilines is 1. The van der Waals surface area contributed by atoms with E-state index < -0.39 is 0 Å². The molecule has 0 aliphatic rings. The molecule has 2 rings (SSSR count). The first-order valence-corrected chi connectivity index (χ1v) is 8.54. The van der Waals surface area contributed by atoms with Gasteiger partial charge in [0, 0.05) is 11.3 Å². The van der Waals surface area contributed by atoms with Crippen LogP contribution in [-0.2, 0) is 13.2 Å². The van der Waals surface area contributed by atoms with E-state index in [2.05, 4.69) is 11.4 Å². The van der Waals surface area contributed by atoms with Crippen molar-refractivity contribution >= 4 is 22.7 Å². The molecule has 0 heterocycles. The lowest BCUT2D eigenvalue weighted by atomic mass is 10.1. The lowest BCUT2D eigenvalue weighted by Gasteiger charge is -2.16. The molecule has 0 aliphatic carbocycles. The zero-order valence-electron chi connectivity index (χ0n) is 13.6. The normalized spacial score (nSPS) is 10.4. The smallest absolute Gasteiger partial charge is 0.283 e. The van der Waals surface area contributed by atoms with Crippen molar-refractivity contribution in [2.24, 2.45) is 0 Å². The van der Waals surface area contributed by atoms with E-state index in [1.807, 2.05) is 44.2 Å². The fourth-order valence-electron chi connectivity index (χ4n) is 2.34. The van der Waals surface area contributed by atoms with E-state index in [9.17, 15) is 9.90 Å². The molecule has 0 radical (unpaired) electrons. The fraction of sp³-hybridized carbons (Fsp3) is 0.278. The van der Waals surface area contributed by atoms with E-state index in [0.29, 0.717) is 5.69 Å². The van der Waals surface area contributed by atoms with Gasteiger partial charge >= 0.3 is 0 Å². The first-order valence-electron chi connectivity index (χ1n) is 7.31. The van der Waals surface area contributed by atoms with Crippen LogP contribution in [0.2, 0.25) is 0 Å². The Hall–Kier alpha value is -1.98. The van der Waals surface area contributed by atoms with Crippen LogP contribution < -0.4 is 10.1 Å². The minimum atomic E-state index is -0.146. The van der Waals surface area contributed by atoms with Gasteiger partial charge in [-0.05, 0) is 43.4 Å². The number of carbonyl (C=O) groups is 1. The molecular formula is C18H21NO3S. The molecule has 0 unspecified atom stereocenters. The molecule has 2 N–H and O–H groups in total. The number of hydrogen-bond donors (Lipinski definition) is 2. The number of hydrogen-bond acceptors (Lipinski definition) is 4. The lowest BCUT2D eigenvalue weighted by molar-refractivity contribution is 0.267. The Kier molecular flexibility index (Phi) is 6.07. The monoisotopic (exact) mass is 331 g/mol. The van der Waals surface area contributed by atoms with Crippen LogP contribution in [-0.4, -0.2) is 16.6 Å². The number of benzene rings is 2. The summed E-state index contributed by atoms with van der Waals surface area (Å²) in [7, 11) is 0. The maximum atomic E-state index is 11.6. The van der Waals surface area contributed by atoms with E-state index in [-0.39, 0.29) is 18.5 Å². The summed E-state index contributed by atoms with van der Waals surface area (Å²) in [6, 6.07) is 11.4. The lowest BCUT2D eigenvalue weighted by Crippen LogP contribution is -2.10. The number of ether oxygens (including phenoxy) is 1. The Morgan fingerprint density at radius 1 is 1.26 bits per heavy atom. The predicted octanol–water partition coefficient (Wildman–Crippen LogP) is 4.27. The zero-order valence-corrected chi connectivity index (χ0v) is 14.4. The van der Waals surface area contributed by atoms with E-state index in [1.54, 1.807) is 6.26 Å². The van der Waals surface area contributed by atoms with Crippen molar-refractivity contribution < 1.29 is 14.6 Å². The van der Waals surface area contributed by atoms with Crippen LogP contribution in [0.4, 0.5) is 10.5 Å². The highest BCUT2D eigenvalue weighted by molar-refractivity contribution is 8.13. The number of aliphatic hydroxyl groups is 1. The summed E-state index contributed by atoms with van der Waals surface area (Å²) in [6.45, 7) is 4.21. The predicted molar refractivity (Wildman–Crippen MR) is 95.1 cm³/mol. The Labute approximate surface area is 140 Å². The third-order valence-corrected chi connectivity index (χ3v) is 4.04. The van der Waals surface area contributed by atoms with Gasteiger partial charge in [-0.3, -0.25) is 4.79 Å². The van der Waals surface area contributed by atoms with Gasteiger partial charge in [-0.15, -0.1) is 0 Å². The Morgan fingerprint density at radius 3 is 2.70 bits per heavy atom. The maximum Gasteiger partial charge on any atom is 0.283 e. The molecule has 2 aromatic carbocycles. The highest BCUT2D eigenvalue weighted by Crippen LogP contribution is 2.25. The highest BCUT2D eigenvalue weighted by Gasteiger charge is 2.12. The number of nitrogens with one attached hydrogen (secondary N) is 1. The summed E-state index contributed by atoms with van der Waals surface area (Å²) in [6.07, 6.45) is 1.72. The summed E-state index contributed by atoms with van der Waals surface area (Å²) >= 11 is 1.11. The van der Waals surface area contributed by atoms with Gasteiger partial charge < -0.3 is 15.2 Å². The molecular weight excluding hydrogens is 310 g/mol. The molecule has 0 saturated heterocycles. The maximum absolute atomic E-state index is 11.6. The summed E-state index contributed by atoms with van der Waals surface area (Å²) in [4.78, 5) is 11.6. The zero-order chi connectivity index (χ0) is 16.8. The van der Waals surface area contributed by atoms with E-state index in [1.165, 1.54) is 5.56 Å². The van der Waals surface area contributed by atoms with E-state index in [0.717, 1.165) is 34.2 Å². The van der Waals surface area contributed by atoms with Crippen molar-refractivity contribution in [1.82, 2.24) is 0 Å². The van der Waals surface area contributed by atoms with Crippen molar-refractivity contribution in [2.75, 3.05) is 11.6 Å². The number of thioether (sulfide) groups is 1. The second-order valence-electron chi connectivity index (χ2n) is 5.28. The van der Waals surface area contributed by atoms with Crippen molar-refractivity contribution in [3.05, 3.63) is 58.7 Å². The highest BCUT2D eigenvalue weighted by atomic mass is 32.2. The number of carbonyl (C=O) groups excluding carboxylic acids is 1. The molecule has 23 heavy (non-hydrogen) atoms. The average Bonchev–Trinajstić information content (AvgIpc) is 2.54. The molecule has 122 valence electrons. The van der Waals surface area contributed by atoms with Crippen LogP contribution in [0.15, 0.2) is 36.4 Å². The molecule has 1 amide bonds. The van der Waals surface area contributed by atoms with Gasteiger partial charge in [-0.2, -0.15) is 0 Å². The minimum absolute atomic E-state index is 0.103. The van der Waals surface area contributed by atoms with Crippen molar-refractivity contribution in [2.45, 2.75) is 27.1 Å². The standard InChI is InChI=1S/C18H21NO3S/c1-12-7-8-17(13(2)9-12)22-11-15-14(10-20)5-4-6-16(15)19-18(21)23-3/h4-9,20H,10-11H2,1-3H3,(H,19,21). The van der Waals surface area contributed by atoms with Crippen LogP contribution in [0, 0.1) is 13.8 Å². The molecule has 0 aliphatic heterocycles. The van der Waals surface area contributed by atoms with Gasteiger partial charge in [0.15, 0.2) is 0 Å². The number of rotatable bonds is 5. The molecule has 0 spiro atoms. The van der Waals surface area contributed by atoms with Crippen LogP contribution >= 0.6 is 11.8 Å². The van der Waals surface area contributed by atoms with E-state index >= 15 is 0 Å². The van der Waals surface area contributed by atoms with Crippen molar-refractivity contribution in [1.29, 1.82) is 0 Å². The van der Waals surface area contributed by atoms with Gasteiger partial charge in [0.2, 0.25) is 0 Å². The van der Waals surface area contributed by atoms with Crippen molar-refractivity contribution in [3.8, 4) is 5.75 Å². The summed E-state index contributed by atoms with van der Waals surface area (Å²) in [5, 5.41) is 12.2. The second-order valence-corrected chi connectivity index (χ2v) is 6.05. The number of aliphatic hydroxyl groups excluding tert-OH is 1. The SMILES string of the molecule is CSC(=O)Nc1cccc(CO)c1COc1ccc(C)cc1C. The van der Waals surface area contributed by atoms with Gasteiger partial charge in [0.05, 0.1) is 6.61 Å². The van der Waals surface area contributed by atoms with Gasteiger partial charge in [-0.25, -0.2) is 0 Å². The second kappa shape index (κ2) is 8.04. The molecule has 0 fully saturated rings. The first-order chi connectivity index (χ1) is 11.0. The Bertz CT molecular complexity index is 701. The summed E-state index contributed by atoms with van der Waals surface area (Å²) < 4.78 is 5.91. The fourth-order valence-corrected chi connectivity index (χ4v) is 2.55. The molecule has 0 saturated carbocycles. The van der Waals surface area contributed by atoms with Crippen LogP contribution in [0.5, 0.6) is 5.75 Å². The summed E-state index contributed by atoms with van der Waals surface area (Å²) in [5.41, 5.74) is 4.44. The number of aryl methyl sites for hydroxylation is 2. The average molecular weight is 331 g/mol. The number of amides is 1. The molecule has 0 aromatic heterocycles. The minimum Gasteiger partial charge on any atom is -0.489 e. The van der Waals surface area contributed by atoms with Crippen LogP contribution in [0.3, 0.4) is 0 Å². The third-order valence-electron chi connectivity index (χ3n) is 3.57. The van der Waals surface area contributed by atoms with Gasteiger partial charge in [0.25, 0.3) is 5.24 Å². The van der Waals surface area contributed by atoms with Gasteiger partial charge in [-0.1, -0.05) is 41.6 Å². The molecule has 4 nitrogen and oxygen atoms in total. The topological polar surface area (TPSA) is 58.6 Å². The van der Waals surface area contributed by atoms with E-state index in [4.69, 9.17) is 4.74 Å². The van der Waals surface area contributed by atoms with Crippen LogP contribution in [0.1, 0.15) is 22.3 Å². The molecule has 2 aromatic rings. The summed E-state index contributed by atoms with van der Waals surface area (Å²) in [5.74, 6) is 0.797. The van der Waals surface area contributed by atoms with Crippen LogP contribution in [0.25, 0.3) is 0 Å². The molecule has 0 atom stereocenters. The Balaban J connectivity index is 2.24. The molecule has 5 heteroatoms. The quantitative estimate of drug-likeness (QED) is 0.859. The largest absolute Gasteiger partial charge is 0.489 e. The first kappa shape index (κ1) is 17.4. The molecule has 0 bridgehead atoms. The van der Waals surface area contributed by atoms with Gasteiger partial charge in [0.1, 0.15) is 12.4 Å². The third kappa shape index (κ3) is 4.50.